The third-order valence-corrected chi connectivity index (χ3v) is 1.60. The second-order valence-electron chi connectivity index (χ2n) is 2.72. The minimum absolute atomic E-state index is 0.373. The summed E-state index contributed by atoms with van der Waals surface area (Å²) >= 11 is 0. The van der Waals surface area contributed by atoms with Gasteiger partial charge in [0, 0.05) is 11.8 Å². The van der Waals surface area contributed by atoms with E-state index in [2.05, 4.69) is 4.98 Å². The standard InChI is InChI=1S/C9H11NO3/c1-6-4-3-5-10-8(6)13-7(2)9(11)12/h3-5,7H,1-2H3,(H,11,12). The third-order valence-electron chi connectivity index (χ3n) is 1.60. The Morgan fingerprint density at radius 3 is 2.92 bits per heavy atom. The van der Waals surface area contributed by atoms with Gasteiger partial charge >= 0.3 is 5.97 Å². The molecule has 1 atom stereocenters. The molecule has 1 unspecified atom stereocenters. The monoisotopic (exact) mass is 181 g/mol. The zero-order valence-electron chi connectivity index (χ0n) is 7.52. The molecule has 0 radical (unpaired) electrons. The number of ether oxygens (including phenoxy) is 1. The summed E-state index contributed by atoms with van der Waals surface area (Å²) in [6.07, 6.45) is 0.699. The van der Waals surface area contributed by atoms with Crippen molar-refractivity contribution in [2.75, 3.05) is 0 Å². The highest BCUT2D eigenvalue weighted by atomic mass is 16.5. The number of aryl methyl sites for hydroxylation is 1. The lowest BCUT2D eigenvalue weighted by atomic mass is 10.3. The first-order valence-electron chi connectivity index (χ1n) is 3.92. The van der Waals surface area contributed by atoms with Gasteiger partial charge in [-0.15, -0.1) is 0 Å². The van der Waals surface area contributed by atoms with Crippen molar-refractivity contribution in [2.24, 2.45) is 0 Å². The van der Waals surface area contributed by atoms with E-state index in [0.717, 1.165) is 5.56 Å². The van der Waals surface area contributed by atoms with Crippen LogP contribution in [0.1, 0.15) is 12.5 Å². The normalized spacial score (nSPS) is 12.2. The van der Waals surface area contributed by atoms with Crippen molar-refractivity contribution in [3.63, 3.8) is 0 Å². The van der Waals surface area contributed by atoms with E-state index in [0.29, 0.717) is 5.88 Å². The lowest BCUT2D eigenvalue weighted by Gasteiger charge is -2.10. The number of aromatic nitrogens is 1. The van der Waals surface area contributed by atoms with Crippen LogP contribution in [-0.2, 0) is 4.79 Å². The van der Waals surface area contributed by atoms with Crippen LogP contribution in [-0.4, -0.2) is 22.2 Å². The Kier molecular flexibility index (Phi) is 2.84. The first kappa shape index (κ1) is 9.51. The summed E-state index contributed by atoms with van der Waals surface area (Å²) in [5.74, 6) is -0.623. The molecule has 0 aliphatic heterocycles. The molecule has 1 aromatic heterocycles. The number of pyridine rings is 1. The number of hydrogen-bond acceptors (Lipinski definition) is 3. The van der Waals surface area contributed by atoms with E-state index in [1.54, 1.807) is 12.3 Å². The average molecular weight is 181 g/mol. The van der Waals surface area contributed by atoms with Gasteiger partial charge in [0.15, 0.2) is 6.10 Å². The van der Waals surface area contributed by atoms with Gasteiger partial charge in [0.05, 0.1) is 0 Å². The van der Waals surface area contributed by atoms with Gasteiger partial charge in [-0.05, 0) is 19.9 Å². The Hall–Kier alpha value is -1.58. The Balaban J connectivity index is 2.74. The summed E-state index contributed by atoms with van der Waals surface area (Å²) in [5, 5.41) is 8.58. The number of nitrogens with zero attached hydrogens (tertiary/aromatic N) is 1. The molecule has 4 heteroatoms. The fraction of sp³-hybridized carbons (Fsp3) is 0.333. The van der Waals surface area contributed by atoms with Crippen LogP contribution in [0.5, 0.6) is 5.88 Å². The molecule has 70 valence electrons. The fourth-order valence-corrected chi connectivity index (χ4v) is 0.812. The van der Waals surface area contributed by atoms with E-state index in [-0.39, 0.29) is 0 Å². The molecule has 0 fully saturated rings. The summed E-state index contributed by atoms with van der Waals surface area (Å²) in [5.41, 5.74) is 0.829. The van der Waals surface area contributed by atoms with Crippen LogP contribution in [0.3, 0.4) is 0 Å². The van der Waals surface area contributed by atoms with Crippen LogP contribution in [0.2, 0.25) is 0 Å². The Bertz CT molecular complexity index is 311. The van der Waals surface area contributed by atoms with Gasteiger partial charge in [0.25, 0.3) is 0 Å². The summed E-state index contributed by atoms with van der Waals surface area (Å²) in [4.78, 5) is 14.4. The van der Waals surface area contributed by atoms with Gasteiger partial charge in [-0.3, -0.25) is 0 Å². The van der Waals surface area contributed by atoms with E-state index < -0.39 is 12.1 Å². The van der Waals surface area contributed by atoms with Gasteiger partial charge in [-0.2, -0.15) is 0 Å². The van der Waals surface area contributed by atoms with Crippen LogP contribution >= 0.6 is 0 Å². The minimum atomic E-state index is -0.995. The van der Waals surface area contributed by atoms with E-state index in [1.807, 2.05) is 13.0 Å². The molecule has 0 aliphatic rings. The van der Waals surface area contributed by atoms with E-state index in [9.17, 15) is 4.79 Å². The number of hydrogen-bond donors (Lipinski definition) is 1. The maximum atomic E-state index is 10.5. The molecule has 1 rings (SSSR count). The van der Waals surface area contributed by atoms with Gasteiger partial charge in [0.2, 0.25) is 5.88 Å². The number of carboxylic acid groups (broad SMARTS) is 1. The van der Waals surface area contributed by atoms with Gasteiger partial charge in [-0.25, -0.2) is 9.78 Å². The van der Waals surface area contributed by atoms with Gasteiger partial charge in [-0.1, -0.05) is 6.07 Å². The molecule has 0 amide bonds. The molecule has 1 N–H and O–H groups in total. The Morgan fingerprint density at radius 1 is 1.69 bits per heavy atom. The van der Waals surface area contributed by atoms with Crippen molar-refractivity contribution in [3.05, 3.63) is 23.9 Å². The first-order chi connectivity index (χ1) is 6.11. The lowest BCUT2D eigenvalue weighted by Crippen LogP contribution is -2.23. The molecule has 0 bridgehead atoms. The molecule has 4 nitrogen and oxygen atoms in total. The molecule has 13 heavy (non-hydrogen) atoms. The molecule has 1 aromatic rings. The highest BCUT2D eigenvalue weighted by Crippen LogP contribution is 2.13. The summed E-state index contributed by atoms with van der Waals surface area (Å²) in [6.45, 7) is 3.29. The third kappa shape index (κ3) is 2.43. The molecule has 0 saturated heterocycles. The predicted octanol–water partition coefficient (Wildman–Crippen LogP) is 1.24. The molecule has 0 spiro atoms. The van der Waals surface area contributed by atoms with E-state index in [1.165, 1.54) is 6.92 Å². The zero-order chi connectivity index (χ0) is 9.84. The molecule has 1 heterocycles. The summed E-state index contributed by atoms with van der Waals surface area (Å²) in [7, 11) is 0. The minimum Gasteiger partial charge on any atom is -0.479 e. The first-order valence-corrected chi connectivity index (χ1v) is 3.92. The largest absolute Gasteiger partial charge is 0.479 e. The topological polar surface area (TPSA) is 59.4 Å². The quantitative estimate of drug-likeness (QED) is 0.762. The number of rotatable bonds is 3. The van der Waals surface area contributed by atoms with E-state index >= 15 is 0 Å². The van der Waals surface area contributed by atoms with Crippen molar-refractivity contribution in [3.8, 4) is 5.88 Å². The smallest absolute Gasteiger partial charge is 0.344 e. The predicted molar refractivity (Wildman–Crippen MR) is 46.7 cm³/mol. The van der Waals surface area contributed by atoms with Crippen LogP contribution < -0.4 is 4.74 Å². The second-order valence-corrected chi connectivity index (χ2v) is 2.72. The SMILES string of the molecule is Cc1cccnc1OC(C)C(=O)O. The van der Waals surface area contributed by atoms with Crippen molar-refractivity contribution >= 4 is 5.97 Å². The fourth-order valence-electron chi connectivity index (χ4n) is 0.812. The van der Waals surface area contributed by atoms with Crippen molar-refractivity contribution in [2.45, 2.75) is 20.0 Å². The number of carboxylic acids is 1. The van der Waals surface area contributed by atoms with Crippen LogP contribution in [0.25, 0.3) is 0 Å². The van der Waals surface area contributed by atoms with Crippen molar-refractivity contribution < 1.29 is 14.6 Å². The van der Waals surface area contributed by atoms with Gasteiger partial charge < -0.3 is 9.84 Å². The maximum absolute atomic E-state index is 10.5. The van der Waals surface area contributed by atoms with Crippen LogP contribution in [0, 0.1) is 6.92 Å². The molecule has 0 saturated carbocycles. The highest BCUT2D eigenvalue weighted by Gasteiger charge is 2.13. The lowest BCUT2D eigenvalue weighted by molar-refractivity contribution is -0.144. The second kappa shape index (κ2) is 3.89. The number of carbonyl (C=O) groups is 1. The zero-order valence-corrected chi connectivity index (χ0v) is 7.52. The van der Waals surface area contributed by atoms with E-state index in [4.69, 9.17) is 9.84 Å². The maximum Gasteiger partial charge on any atom is 0.344 e. The Morgan fingerprint density at radius 2 is 2.38 bits per heavy atom. The van der Waals surface area contributed by atoms with Gasteiger partial charge in [0.1, 0.15) is 0 Å². The molecule has 0 aliphatic carbocycles. The highest BCUT2D eigenvalue weighted by molar-refractivity contribution is 5.72. The molecular weight excluding hydrogens is 170 g/mol. The average Bonchev–Trinajstić information content (AvgIpc) is 2.08. The molecule has 0 aromatic carbocycles. The number of aliphatic carboxylic acids is 1. The Labute approximate surface area is 76.2 Å². The summed E-state index contributed by atoms with van der Waals surface area (Å²) in [6, 6.07) is 3.59. The van der Waals surface area contributed by atoms with Crippen LogP contribution in [0.4, 0.5) is 0 Å². The summed E-state index contributed by atoms with van der Waals surface area (Å²) < 4.78 is 5.10. The molecular formula is C9H11NO3. The van der Waals surface area contributed by atoms with Crippen LogP contribution in [0.15, 0.2) is 18.3 Å². The van der Waals surface area contributed by atoms with Crippen molar-refractivity contribution in [1.82, 2.24) is 4.98 Å². The van der Waals surface area contributed by atoms with Crippen molar-refractivity contribution in [1.29, 1.82) is 0 Å².